The lowest BCUT2D eigenvalue weighted by molar-refractivity contribution is 0.0311. The number of rotatable bonds is 2. The van der Waals surface area contributed by atoms with Gasteiger partial charge in [-0.05, 0) is 30.7 Å². The van der Waals surface area contributed by atoms with Crippen LogP contribution in [0.5, 0.6) is 11.5 Å². The molecule has 3 aliphatic rings. The maximum atomic E-state index is 13.1. The number of ether oxygens (including phenoxy) is 2. The normalized spacial score (nSPS) is 25.7. The zero-order valence-electron chi connectivity index (χ0n) is 15.7. The summed E-state index contributed by atoms with van der Waals surface area (Å²) in [4.78, 5) is 17.0. The van der Waals surface area contributed by atoms with Gasteiger partial charge in [0.25, 0.3) is 5.91 Å². The number of carbonyl (C=O) groups excluding carboxylic acids is 1. The van der Waals surface area contributed by atoms with E-state index in [0.717, 1.165) is 13.0 Å². The molecule has 1 spiro atoms. The maximum absolute atomic E-state index is 13.1. The third-order valence-electron chi connectivity index (χ3n) is 5.63. The molecule has 1 aromatic rings. The van der Waals surface area contributed by atoms with Gasteiger partial charge in [0.1, 0.15) is 6.23 Å². The molecule has 0 bridgehead atoms. The molecule has 0 aromatic heterocycles. The Morgan fingerprint density at radius 2 is 1.92 bits per heavy atom. The van der Waals surface area contributed by atoms with Crippen molar-refractivity contribution in [3.05, 3.63) is 17.7 Å². The topological polar surface area (TPSA) is 62.2 Å². The van der Waals surface area contributed by atoms with Crippen LogP contribution in [0, 0.1) is 5.41 Å². The standard InChI is InChI=1S/C17H22N2O4.C2H6/c1-18-11-7-13(20)14(22-2)6-10(11)15(21)19-9-17(4-5-17)8-12(19)16(18)23-3;1-2/h6-7,12,16,20H,4-5,8-9H2,1-3H3;1-2H3. The second-order valence-electron chi connectivity index (χ2n) is 6.98. The monoisotopic (exact) mass is 348 g/mol. The number of phenolic OH excluding ortho intramolecular Hbond substituents is 1. The Kier molecular flexibility index (Phi) is 4.58. The van der Waals surface area contributed by atoms with E-state index < -0.39 is 0 Å². The Morgan fingerprint density at radius 3 is 2.48 bits per heavy atom. The first-order valence-corrected chi connectivity index (χ1v) is 8.97. The van der Waals surface area contributed by atoms with Crippen molar-refractivity contribution >= 4 is 11.6 Å². The number of methoxy groups -OCH3 is 2. The highest BCUT2D eigenvalue weighted by Crippen LogP contribution is 2.56. The molecule has 1 amide bonds. The van der Waals surface area contributed by atoms with Crippen LogP contribution in [-0.4, -0.2) is 56.0 Å². The van der Waals surface area contributed by atoms with Gasteiger partial charge in [0, 0.05) is 26.8 Å². The maximum Gasteiger partial charge on any atom is 0.256 e. The number of aromatic hydroxyl groups is 1. The first-order chi connectivity index (χ1) is 12.0. The fourth-order valence-corrected chi connectivity index (χ4v) is 4.16. The molecule has 2 aliphatic heterocycles. The molecule has 2 atom stereocenters. The highest BCUT2D eigenvalue weighted by molar-refractivity contribution is 6.02. The molecule has 6 heteroatoms. The Morgan fingerprint density at radius 1 is 1.24 bits per heavy atom. The number of benzene rings is 1. The second-order valence-corrected chi connectivity index (χ2v) is 6.98. The van der Waals surface area contributed by atoms with Crippen molar-refractivity contribution in [1.29, 1.82) is 0 Å². The van der Waals surface area contributed by atoms with E-state index in [1.165, 1.54) is 20.0 Å². The Bertz CT molecular complexity index is 672. The average molecular weight is 348 g/mol. The number of hydrogen-bond donors (Lipinski definition) is 1. The number of amides is 1. The third kappa shape index (κ3) is 2.72. The number of carbonyl (C=O) groups is 1. The van der Waals surface area contributed by atoms with Gasteiger partial charge in [-0.1, -0.05) is 13.8 Å². The summed E-state index contributed by atoms with van der Waals surface area (Å²) < 4.78 is 10.9. The zero-order chi connectivity index (χ0) is 18.4. The molecule has 1 saturated heterocycles. The van der Waals surface area contributed by atoms with E-state index in [0.29, 0.717) is 22.4 Å². The van der Waals surface area contributed by atoms with Gasteiger partial charge in [-0.2, -0.15) is 0 Å². The van der Waals surface area contributed by atoms with E-state index in [9.17, 15) is 9.90 Å². The predicted molar refractivity (Wildman–Crippen MR) is 96.3 cm³/mol. The van der Waals surface area contributed by atoms with Crippen molar-refractivity contribution in [3.8, 4) is 11.5 Å². The summed E-state index contributed by atoms with van der Waals surface area (Å²) in [6.07, 6.45) is 3.16. The van der Waals surface area contributed by atoms with Gasteiger partial charge in [-0.3, -0.25) is 4.79 Å². The number of likely N-dealkylation sites (N-methyl/N-ethyl adjacent to an activating group) is 1. The smallest absolute Gasteiger partial charge is 0.256 e. The molecule has 1 saturated carbocycles. The van der Waals surface area contributed by atoms with E-state index in [-0.39, 0.29) is 23.9 Å². The fourth-order valence-electron chi connectivity index (χ4n) is 4.16. The molecular weight excluding hydrogens is 320 g/mol. The first-order valence-electron chi connectivity index (χ1n) is 8.97. The number of phenols is 1. The highest BCUT2D eigenvalue weighted by Gasteiger charge is 2.57. The van der Waals surface area contributed by atoms with Gasteiger partial charge in [0.15, 0.2) is 11.5 Å². The third-order valence-corrected chi connectivity index (χ3v) is 5.63. The lowest BCUT2D eigenvalue weighted by atomic mass is 10.0. The number of fused-ring (bicyclic) bond motifs is 2. The van der Waals surface area contributed by atoms with Gasteiger partial charge >= 0.3 is 0 Å². The summed E-state index contributed by atoms with van der Waals surface area (Å²) in [6.45, 7) is 4.80. The number of hydrogen-bond acceptors (Lipinski definition) is 5. The Balaban J connectivity index is 0.000000880. The number of anilines is 1. The van der Waals surface area contributed by atoms with Crippen LogP contribution in [0.15, 0.2) is 12.1 Å². The molecule has 4 rings (SSSR count). The van der Waals surface area contributed by atoms with Crippen molar-refractivity contribution in [2.24, 2.45) is 5.41 Å². The second kappa shape index (κ2) is 6.41. The zero-order valence-corrected chi connectivity index (χ0v) is 15.7. The SMILES string of the molecule is CC.COc1cc2c(cc1O)N(C)C(OC)C1CC3(CC3)CN1C2=O. The van der Waals surface area contributed by atoms with E-state index in [1.807, 2.05) is 30.7 Å². The van der Waals surface area contributed by atoms with Crippen LogP contribution in [0.4, 0.5) is 5.69 Å². The Labute approximate surface area is 149 Å². The molecule has 1 N–H and O–H groups in total. The van der Waals surface area contributed by atoms with E-state index in [2.05, 4.69) is 0 Å². The van der Waals surface area contributed by atoms with Gasteiger partial charge in [0.05, 0.1) is 24.4 Å². The molecule has 2 heterocycles. The van der Waals surface area contributed by atoms with E-state index >= 15 is 0 Å². The van der Waals surface area contributed by atoms with Crippen molar-refractivity contribution < 1.29 is 19.4 Å². The van der Waals surface area contributed by atoms with Gasteiger partial charge in [-0.15, -0.1) is 0 Å². The summed E-state index contributed by atoms with van der Waals surface area (Å²) in [5, 5.41) is 10.1. The summed E-state index contributed by atoms with van der Waals surface area (Å²) >= 11 is 0. The predicted octanol–water partition coefficient (Wildman–Crippen LogP) is 2.84. The molecule has 2 unspecified atom stereocenters. The quantitative estimate of drug-likeness (QED) is 0.890. The molecule has 2 fully saturated rings. The van der Waals surface area contributed by atoms with Gasteiger partial charge < -0.3 is 24.4 Å². The largest absolute Gasteiger partial charge is 0.504 e. The van der Waals surface area contributed by atoms with Crippen LogP contribution in [0.3, 0.4) is 0 Å². The van der Waals surface area contributed by atoms with Crippen LogP contribution in [0.2, 0.25) is 0 Å². The lowest BCUT2D eigenvalue weighted by Crippen LogP contribution is -2.48. The van der Waals surface area contributed by atoms with Crippen LogP contribution < -0.4 is 9.64 Å². The van der Waals surface area contributed by atoms with Crippen LogP contribution in [0.25, 0.3) is 0 Å². The summed E-state index contributed by atoms with van der Waals surface area (Å²) in [6, 6.07) is 3.27. The summed E-state index contributed by atoms with van der Waals surface area (Å²) in [5.41, 5.74) is 1.54. The fraction of sp³-hybridized carbons (Fsp3) is 0.632. The lowest BCUT2D eigenvalue weighted by Gasteiger charge is -2.33. The molecule has 1 aliphatic carbocycles. The molecule has 1 aromatic carbocycles. The van der Waals surface area contributed by atoms with Gasteiger partial charge in [-0.25, -0.2) is 0 Å². The summed E-state index contributed by atoms with van der Waals surface area (Å²) in [7, 11) is 5.08. The summed E-state index contributed by atoms with van der Waals surface area (Å²) in [5.74, 6) is 0.346. The highest BCUT2D eigenvalue weighted by atomic mass is 16.5. The minimum absolute atomic E-state index is 0.00141. The van der Waals surface area contributed by atoms with Crippen LogP contribution >= 0.6 is 0 Å². The molecular formula is C19H28N2O4. The van der Waals surface area contributed by atoms with E-state index in [1.54, 1.807) is 19.2 Å². The molecule has 25 heavy (non-hydrogen) atoms. The minimum atomic E-state index is -0.215. The molecule has 138 valence electrons. The van der Waals surface area contributed by atoms with Crippen molar-refractivity contribution in [3.63, 3.8) is 0 Å². The van der Waals surface area contributed by atoms with E-state index in [4.69, 9.17) is 9.47 Å². The molecule has 6 nitrogen and oxygen atoms in total. The van der Waals surface area contributed by atoms with Crippen molar-refractivity contribution in [1.82, 2.24) is 4.90 Å². The minimum Gasteiger partial charge on any atom is -0.504 e. The van der Waals surface area contributed by atoms with Crippen LogP contribution in [0.1, 0.15) is 43.5 Å². The van der Waals surface area contributed by atoms with Crippen molar-refractivity contribution in [2.75, 3.05) is 32.7 Å². The molecule has 0 radical (unpaired) electrons. The van der Waals surface area contributed by atoms with Gasteiger partial charge in [0.2, 0.25) is 0 Å². The first kappa shape index (κ1) is 17.9. The van der Waals surface area contributed by atoms with Crippen molar-refractivity contribution in [2.45, 2.75) is 45.4 Å². The van der Waals surface area contributed by atoms with Crippen LogP contribution in [-0.2, 0) is 4.74 Å². The average Bonchev–Trinajstić information content (AvgIpc) is 3.29. The number of nitrogens with zero attached hydrogens (tertiary/aromatic N) is 2. The Hall–Kier alpha value is -1.95.